The number of nitrogens with zero attached hydrogens (tertiary/aromatic N) is 1. The number of H-pyrrole nitrogens is 1. The van der Waals surface area contributed by atoms with E-state index in [4.69, 9.17) is 10.5 Å². The van der Waals surface area contributed by atoms with Gasteiger partial charge in [0.05, 0.1) is 7.11 Å². The van der Waals surface area contributed by atoms with Crippen molar-refractivity contribution in [2.24, 2.45) is 0 Å². The van der Waals surface area contributed by atoms with Gasteiger partial charge in [0.25, 0.3) is 5.91 Å². The molecule has 0 aliphatic rings. The summed E-state index contributed by atoms with van der Waals surface area (Å²) in [5.74, 6) is -0.479. The number of aromatic nitrogens is 1. The normalized spacial score (nSPS) is 10.3. The van der Waals surface area contributed by atoms with Gasteiger partial charge < -0.3 is 20.4 Å². The number of benzene rings is 1. The molecule has 0 unspecified atom stereocenters. The number of methoxy groups -OCH3 is 1. The van der Waals surface area contributed by atoms with Crippen LogP contribution in [-0.4, -0.2) is 29.9 Å². The minimum atomic E-state index is -0.449. The molecule has 0 aliphatic heterocycles. The lowest BCUT2D eigenvalue weighted by molar-refractivity contribution is 0.0780. The molecule has 5 nitrogen and oxygen atoms in total. The highest BCUT2D eigenvalue weighted by molar-refractivity contribution is 5.93. The molecule has 0 saturated carbocycles. The number of halogens is 1. The van der Waals surface area contributed by atoms with Crippen LogP contribution < -0.4 is 10.5 Å². The minimum Gasteiger partial charge on any atom is -0.494 e. The first-order chi connectivity index (χ1) is 9.51. The Bertz CT molecular complexity index is 625. The monoisotopic (exact) mass is 277 g/mol. The summed E-state index contributed by atoms with van der Waals surface area (Å²) in [4.78, 5) is 16.4. The lowest BCUT2D eigenvalue weighted by atomic mass is 10.2. The van der Waals surface area contributed by atoms with Gasteiger partial charge in [-0.3, -0.25) is 4.79 Å². The maximum Gasteiger partial charge on any atom is 0.270 e. The molecule has 20 heavy (non-hydrogen) atoms. The first-order valence-electron chi connectivity index (χ1n) is 6.03. The number of nitrogens with two attached hydrogens (primary N) is 1. The number of ether oxygens (including phenoxy) is 1. The number of amides is 1. The second-order valence-corrected chi connectivity index (χ2v) is 4.48. The highest BCUT2D eigenvalue weighted by atomic mass is 19.1. The zero-order chi connectivity index (χ0) is 14.7. The van der Waals surface area contributed by atoms with Crippen molar-refractivity contribution in [3.05, 3.63) is 47.5 Å². The fourth-order valence-corrected chi connectivity index (χ4v) is 1.89. The third kappa shape index (κ3) is 2.90. The van der Waals surface area contributed by atoms with E-state index in [1.807, 2.05) is 0 Å². The van der Waals surface area contributed by atoms with Gasteiger partial charge in [0.2, 0.25) is 0 Å². The number of rotatable bonds is 4. The van der Waals surface area contributed by atoms with Crippen LogP contribution in [0.3, 0.4) is 0 Å². The van der Waals surface area contributed by atoms with E-state index in [1.54, 1.807) is 25.4 Å². The average molecular weight is 277 g/mol. The summed E-state index contributed by atoms with van der Waals surface area (Å²) in [6, 6.07) is 6.17. The second-order valence-electron chi connectivity index (χ2n) is 4.48. The lowest BCUT2D eigenvalue weighted by Crippen LogP contribution is -2.26. The van der Waals surface area contributed by atoms with Gasteiger partial charge >= 0.3 is 0 Å². The van der Waals surface area contributed by atoms with Gasteiger partial charge in [0, 0.05) is 25.5 Å². The Balaban J connectivity index is 2.09. The quantitative estimate of drug-likeness (QED) is 0.898. The number of aromatic amines is 1. The van der Waals surface area contributed by atoms with Crippen molar-refractivity contribution in [1.29, 1.82) is 0 Å². The van der Waals surface area contributed by atoms with E-state index >= 15 is 0 Å². The number of hydrogen-bond acceptors (Lipinski definition) is 3. The minimum absolute atomic E-state index is 0.180. The van der Waals surface area contributed by atoms with E-state index in [0.717, 1.165) is 0 Å². The summed E-state index contributed by atoms with van der Waals surface area (Å²) in [5.41, 5.74) is 7.13. The standard InChI is InChI=1S/C14H16FN3O2/c1-18(14(19)12-6-10(16)7-17-12)8-9-3-4-13(20-2)11(15)5-9/h3-7,17H,8,16H2,1-2H3. The van der Waals surface area contributed by atoms with Crippen molar-refractivity contribution < 1.29 is 13.9 Å². The summed E-state index contributed by atoms with van der Waals surface area (Å²) in [6.45, 7) is 0.290. The molecule has 1 aromatic carbocycles. The lowest BCUT2D eigenvalue weighted by Gasteiger charge is -2.16. The second kappa shape index (κ2) is 5.64. The van der Waals surface area contributed by atoms with E-state index in [-0.39, 0.29) is 11.7 Å². The molecule has 0 atom stereocenters. The molecule has 1 heterocycles. The third-order valence-corrected chi connectivity index (χ3v) is 2.92. The fourth-order valence-electron chi connectivity index (χ4n) is 1.89. The van der Waals surface area contributed by atoms with Crippen LogP contribution in [-0.2, 0) is 6.54 Å². The first-order valence-corrected chi connectivity index (χ1v) is 6.03. The van der Waals surface area contributed by atoms with Crippen molar-refractivity contribution in [3.8, 4) is 5.75 Å². The number of nitrogen functional groups attached to an aromatic ring is 1. The van der Waals surface area contributed by atoms with Gasteiger partial charge in [-0.05, 0) is 23.8 Å². The Labute approximate surface area is 116 Å². The fraction of sp³-hybridized carbons (Fsp3) is 0.214. The van der Waals surface area contributed by atoms with Crippen LogP contribution in [0, 0.1) is 5.82 Å². The Hall–Kier alpha value is -2.50. The molecule has 3 N–H and O–H groups in total. The number of carbonyl (C=O) groups is 1. The number of carbonyl (C=O) groups excluding carboxylic acids is 1. The topological polar surface area (TPSA) is 71.3 Å². The van der Waals surface area contributed by atoms with Gasteiger partial charge in [0.15, 0.2) is 11.6 Å². The van der Waals surface area contributed by atoms with E-state index < -0.39 is 5.82 Å². The van der Waals surface area contributed by atoms with Crippen LogP contribution in [0.15, 0.2) is 30.5 Å². The van der Waals surface area contributed by atoms with Gasteiger partial charge in [0.1, 0.15) is 5.69 Å². The van der Waals surface area contributed by atoms with Crippen molar-refractivity contribution in [2.75, 3.05) is 19.9 Å². The molecule has 2 rings (SSSR count). The largest absolute Gasteiger partial charge is 0.494 e. The Kier molecular flexibility index (Phi) is 3.93. The SMILES string of the molecule is COc1ccc(CN(C)C(=O)c2cc(N)c[nH]2)cc1F. The summed E-state index contributed by atoms with van der Waals surface area (Å²) in [6.07, 6.45) is 1.55. The molecule has 0 aliphatic carbocycles. The molecular formula is C14H16FN3O2. The summed E-state index contributed by atoms with van der Waals surface area (Å²) < 4.78 is 18.4. The van der Waals surface area contributed by atoms with E-state index in [2.05, 4.69) is 4.98 Å². The summed E-state index contributed by atoms with van der Waals surface area (Å²) >= 11 is 0. The molecule has 0 fully saturated rings. The van der Waals surface area contributed by atoms with Crippen LogP contribution in [0.2, 0.25) is 0 Å². The predicted octanol–water partition coefficient (Wildman–Crippen LogP) is 2.02. The molecule has 0 radical (unpaired) electrons. The number of anilines is 1. The summed E-state index contributed by atoms with van der Waals surface area (Å²) in [7, 11) is 3.05. The Morgan fingerprint density at radius 2 is 2.20 bits per heavy atom. The average Bonchev–Trinajstić information content (AvgIpc) is 2.84. The molecule has 0 spiro atoms. The van der Waals surface area contributed by atoms with E-state index in [1.165, 1.54) is 24.1 Å². The predicted molar refractivity (Wildman–Crippen MR) is 74.0 cm³/mol. The Morgan fingerprint density at radius 1 is 1.45 bits per heavy atom. The van der Waals surface area contributed by atoms with Gasteiger partial charge in [-0.25, -0.2) is 4.39 Å². The van der Waals surface area contributed by atoms with Gasteiger partial charge in [-0.2, -0.15) is 0 Å². The maximum absolute atomic E-state index is 13.6. The number of hydrogen-bond donors (Lipinski definition) is 2. The molecule has 106 valence electrons. The highest BCUT2D eigenvalue weighted by Gasteiger charge is 2.14. The molecule has 1 aromatic heterocycles. The Morgan fingerprint density at radius 3 is 2.75 bits per heavy atom. The number of nitrogens with one attached hydrogen (secondary N) is 1. The van der Waals surface area contributed by atoms with E-state index in [9.17, 15) is 9.18 Å². The summed E-state index contributed by atoms with van der Waals surface area (Å²) in [5, 5.41) is 0. The van der Waals surface area contributed by atoms with Crippen LogP contribution in [0.1, 0.15) is 16.1 Å². The molecule has 6 heteroatoms. The third-order valence-electron chi connectivity index (χ3n) is 2.92. The van der Waals surface area contributed by atoms with Crippen molar-refractivity contribution in [3.63, 3.8) is 0 Å². The van der Waals surface area contributed by atoms with Crippen LogP contribution >= 0.6 is 0 Å². The van der Waals surface area contributed by atoms with Gasteiger partial charge in [-0.15, -0.1) is 0 Å². The molecule has 2 aromatic rings. The molecule has 1 amide bonds. The first kappa shape index (κ1) is 13.9. The molecule has 0 bridgehead atoms. The van der Waals surface area contributed by atoms with Crippen LogP contribution in [0.25, 0.3) is 0 Å². The highest BCUT2D eigenvalue weighted by Crippen LogP contribution is 2.19. The zero-order valence-corrected chi connectivity index (χ0v) is 11.3. The van der Waals surface area contributed by atoms with Crippen LogP contribution in [0.4, 0.5) is 10.1 Å². The zero-order valence-electron chi connectivity index (χ0n) is 11.3. The van der Waals surface area contributed by atoms with Crippen molar-refractivity contribution in [2.45, 2.75) is 6.54 Å². The van der Waals surface area contributed by atoms with E-state index in [0.29, 0.717) is 23.5 Å². The van der Waals surface area contributed by atoms with Crippen molar-refractivity contribution >= 4 is 11.6 Å². The molecule has 0 saturated heterocycles. The smallest absolute Gasteiger partial charge is 0.270 e. The molecular weight excluding hydrogens is 261 g/mol. The van der Waals surface area contributed by atoms with Gasteiger partial charge in [-0.1, -0.05) is 6.07 Å². The maximum atomic E-state index is 13.6. The van der Waals surface area contributed by atoms with Crippen molar-refractivity contribution in [1.82, 2.24) is 9.88 Å². The van der Waals surface area contributed by atoms with Crippen LogP contribution in [0.5, 0.6) is 5.75 Å².